The predicted molar refractivity (Wildman–Crippen MR) is 146 cm³/mol. The van der Waals surface area contributed by atoms with Crippen molar-refractivity contribution in [2.45, 2.75) is 66.5 Å². The molecular weight excluding hydrogens is 474 g/mol. The Labute approximate surface area is 216 Å². The monoisotopic (exact) mass is 515 g/mol. The highest BCUT2D eigenvalue weighted by Crippen LogP contribution is 2.23. The Hall–Kier alpha value is -2.87. The second kappa shape index (κ2) is 12.9. The van der Waals surface area contributed by atoms with Crippen molar-refractivity contribution in [2.75, 3.05) is 23.7 Å². The molecule has 0 heterocycles. The smallest absolute Gasteiger partial charge is 0.244 e. The maximum atomic E-state index is 13.7. The minimum Gasteiger partial charge on any atom is -0.354 e. The number of carbonyl (C=O) groups excluding carboxylic acids is 2. The second-order valence-corrected chi connectivity index (χ2v) is 11.9. The molecule has 0 bridgehead atoms. The van der Waals surface area contributed by atoms with E-state index in [1.165, 1.54) is 4.90 Å². The lowest BCUT2D eigenvalue weighted by Gasteiger charge is -2.33. The van der Waals surface area contributed by atoms with Crippen LogP contribution in [0.15, 0.2) is 48.5 Å². The summed E-state index contributed by atoms with van der Waals surface area (Å²) in [5, 5.41) is 2.94. The zero-order valence-electron chi connectivity index (χ0n) is 22.6. The third-order valence-corrected chi connectivity index (χ3v) is 7.34. The minimum absolute atomic E-state index is 0.211. The summed E-state index contributed by atoms with van der Waals surface area (Å²) in [5.41, 5.74) is 3.40. The SMILES string of the molecule is CC[C@H](C(=O)NCC(C)C)N(Cc1ccccc1C)C(=O)CN(c1ccc(C(C)C)cc1)S(C)(=O)=O. The number of hydrogen-bond acceptors (Lipinski definition) is 4. The molecule has 2 aromatic rings. The predicted octanol–water partition coefficient (Wildman–Crippen LogP) is 4.46. The number of anilines is 1. The fraction of sp³-hybridized carbons (Fsp3) is 0.500. The van der Waals surface area contributed by atoms with E-state index >= 15 is 0 Å². The van der Waals surface area contributed by atoms with Crippen molar-refractivity contribution in [3.05, 3.63) is 65.2 Å². The number of nitrogens with zero attached hydrogens (tertiary/aromatic N) is 2. The number of amides is 2. The standard InChI is InChI=1S/C28H41N3O4S/c1-8-26(28(33)29-17-20(2)3)30(18-24-12-10-9-11-22(24)6)27(32)19-31(36(7,34)35)25-15-13-23(14-16-25)21(4)5/h9-16,20-21,26H,8,17-19H2,1-7H3,(H,29,33)/t26-/m1/s1. The van der Waals surface area contributed by atoms with Crippen LogP contribution in [0.5, 0.6) is 0 Å². The van der Waals surface area contributed by atoms with E-state index in [1.54, 1.807) is 12.1 Å². The Kier molecular flexibility index (Phi) is 10.5. The number of benzene rings is 2. The van der Waals surface area contributed by atoms with Gasteiger partial charge in [0.2, 0.25) is 21.8 Å². The molecule has 0 saturated heterocycles. The summed E-state index contributed by atoms with van der Waals surface area (Å²) in [5.74, 6) is -0.100. The lowest BCUT2D eigenvalue weighted by atomic mass is 10.0. The fourth-order valence-electron chi connectivity index (χ4n) is 3.95. The molecular formula is C28H41N3O4S. The van der Waals surface area contributed by atoms with Crippen LogP contribution in [-0.4, -0.2) is 50.5 Å². The molecule has 0 saturated carbocycles. The summed E-state index contributed by atoms with van der Waals surface area (Å²) in [4.78, 5) is 28.4. The summed E-state index contributed by atoms with van der Waals surface area (Å²) in [6.45, 7) is 12.3. The zero-order chi connectivity index (χ0) is 27.0. The van der Waals surface area contributed by atoms with Crippen molar-refractivity contribution in [3.8, 4) is 0 Å². The Bertz CT molecular complexity index is 1130. The van der Waals surface area contributed by atoms with E-state index in [2.05, 4.69) is 19.2 Å². The summed E-state index contributed by atoms with van der Waals surface area (Å²) in [6.07, 6.45) is 1.50. The lowest BCUT2D eigenvalue weighted by molar-refractivity contribution is -0.140. The van der Waals surface area contributed by atoms with E-state index in [-0.39, 0.29) is 24.9 Å². The van der Waals surface area contributed by atoms with Gasteiger partial charge in [-0.2, -0.15) is 0 Å². The number of sulfonamides is 1. The Morgan fingerprint density at radius 2 is 1.58 bits per heavy atom. The third kappa shape index (κ3) is 8.08. The molecule has 1 N–H and O–H groups in total. The second-order valence-electron chi connectivity index (χ2n) is 10.0. The van der Waals surface area contributed by atoms with Gasteiger partial charge in [-0.1, -0.05) is 71.0 Å². The maximum absolute atomic E-state index is 13.7. The lowest BCUT2D eigenvalue weighted by Crippen LogP contribution is -2.52. The van der Waals surface area contributed by atoms with E-state index in [1.807, 2.05) is 64.1 Å². The molecule has 0 aromatic heterocycles. The van der Waals surface area contributed by atoms with E-state index in [0.29, 0.717) is 24.6 Å². The van der Waals surface area contributed by atoms with Gasteiger partial charge in [0.25, 0.3) is 0 Å². The molecule has 0 spiro atoms. The third-order valence-electron chi connectivity index (χ3n) is 6.20. The molecule has 0 radical (unpaired) electrons. The van der Waals surface area contributed by atoms with Crippen molar-refractivity contribution in [1.82, 2.24) is 10.2 Å². The Morgan fingerprint density at radius 3 is 2.08 bits per heavy atom. The molecule has 7 nitrogen and oxygen atoms in total. The van der Waals surface area contributed by atoms with Gasteiger partial charge >= 0.3 is 0 Å². The van der Waals surface area contributed by atoms with Crippen molar-refractivity contribution >= 4 is 27.5 Å². The molecule has 1 atom stereocenters. The normalized spacial score (nSPS) is 12.5. The van der Waals surface area contributed by atoms with Crippen LogP contribution in [0, 0.1) is 12.8 Å². The highest BCUT2D eigenvalue weighted by atomic mass is 32.2. The van der Waals surface area contributed by atoms with Crippen LogP contribution in [0.4, 0.5) is 5.69 Å². The first-order chi connectivity index (χ1) is 16.8. The molecule has 0 fully saturated rings. The highest BCUT2D eigenvalue weighted by molar-refractivity contribution is 7.92. The van der Waals surface area contributed by atoms with E-state index in [4.69, 9.17) is 0 Å². The zero-order valence-corrected chi connectivity index (χ0v) is 23.4. The molecule has 0 aliphatic heterocycles. The summed E-state index contributed by atoms with van der Waals surface area (Å²) in [7, 11) is -3.75. The highest BCUT2D eigenvalue weighted by Gasteiger charge is 2.32. The van der Waals surface area contributed by atoms with E-state index in [9.17, 15) is 18.0 Å². The number of rotatable bonds is 12. The van der Waals surface area contributed by atoms with Gasteiger partial charge in [-0.15, -0.1) is 0 Å². The van der Waals surface area contributed by atoms with Gasteiger partial charge in [0.05, 0.1) is 11.9 Å². The Morgan fingerprint density at radius 1 is 0.972 bits per heavy atom. The van der Waals surface area contributed by atoms with E-state index in [0.717, 1.165) is 27.3 Å². The van der Waals surface area contributed by atoms with Gasteiger partial charge in [-0.05, 0) is 54.0 Å². The molecule has 0 aliphatic rings. The molecule has 36 heavy (non-hydrogen) atoms. The molecule has 8 heteroatoms. The van der Waals surface area contributed by atoms with Crippen LogP contribution >= 0.6 is 0 Å². The first-order valence-electron chi connectivity index (χ1n) is 12.5. The first-order valence-corrected chi connectivity index (χ1v) is 14.4. The van der Waals surface area contributed by atoms with Gasteiger partial charge in [0.15, 0.2) is 0 Å². The van der Waals surface area contributed by atoms with Crippen molar-refractivity contribution < 1.29 is 18.0 Å². The van der Waals surface area contributed by atoms with Crippen LogP contribution in [0.2, 0.25) is 0 Å². The van der Waals surface area contributed by atoms with Crippen molar-refractivity contribution in [1.29, 1.82) is 0 Å². The average molecular weight is 516 g/mol. The van der Waals surface area contributed by atoms with Crippen LogP contribution in [-0.2, 0) is 26.2 Å². The van der Waals surface area contributed by atoms with Gasteiger partial charge in [-0.3, -0.25) is 13.9 Å². The van der Waals surface area contributed by atoms with Crippen molar-refractivity contribution in [2.24, 2.45) is 5.92 Å². The molecule has 198 valence electrons. The Balaban J connectivity index is 2.43. The van der Waals surface area contributed by atoms with Crippen molar-refractivity contribution in [3.63, 3.8) is 0 Å². The molecule has 2 amide bonds. The molecule has 0 unspecified atom stereocenters. The number of hydrogen-bond donors (Lipinski definition) is 1. The van der Waals surface area contributed by atoms with Crippen LogP contribution in [0.3, 0.4) is 0 Å². The summed E-state index contributed by atoms with van der Waals surface area (Å²) >= 11 is 0. The summed E-state index contributed by atoms with van der Waals surface area (Å²) < 4.78 is 26.6. The topological polar surface area (TPSA) is 86.8 Å². The maximum Gasteiger partial charge on any atom is 0.244 e. The number of nitrogens with one attached hydrogen (secondary N) is 1. The van der Waals surface area contributed by atoms with Gasteiger partial charge in [0, 0.05) is 13.1 Å². The average Bonchev–Trinajstić information content (AvgIpc) is 2.81. The molecule has 2 rings (SSSR count). The quantitative estimate of drug-likeness (QED) is 0.452. The van der Waals surface area contributed by atoms with Crippen LogP contribution in [0.1, 0.15) is 63.6 Å². The van der Waals surface area contributed by atoms with Gasteiger partial charge in [0.1, 0.15) is 12.6 Å². The largest absolute Gasteiger partial charge is 0.354 e. The van der Waals surface area contributed by atoms with Gasteiger partial charge < -0.3 is 10.2 Å². The molecule has 0 aliphatic carbocycles. The number of carbonyl (C=O) groups is 2. The van der Waals surface area contributed by atoms with Crippen LogP contribution in [0.25, 0.3) is 0 Å². The van der Waals surface area contributed by atoms with Gasteiger partial charge in [-0.25, -0.2) is 8.42 Å². The van der Waals surface area contributed by atoms with Crippen LogP contribution < -0.4 is 9.62 Å². The summed E-state index contributed by atoms with van der Waals surface area (Å²) in [6, 6.07) is 14.2. The number of aryl methyl sites for hydroxylation is 1. The first kappa shape index (κ1) is 29.4. The van der Waals surface area contributed by atoms with E-state index < -0.39 is 22.0 Å². The molecule has 2 aromatic carbocycles. The minimum atomic E-state index is -3.75. The fourth-order valence-corrected chi connectivity index (χ4v) is 4.80.